The quantitative estimate of drug-likeness (QED) is 0.375. The van der Waals surface area contributed by atoms with E-state index in [4.69, 9.17) is 9.88 Å². The van der Waals surface area contributed by atoms with Gasteiger partial charge in [-0.2, -0.15) is 0 Å². The summed E-state index contributed by atoms with van der Waals surface area (Å²) < 4.78 is 28.0. The van der Waals surface area contributed by atoms with E-state index in [-0.39, 0.29) is 11.4 Å². The van der Waals surface area contributed by atoms with Crippen molar-refractivity contribution in [2.45, 2.75) is 19.3 Å². The largest absolute Gasteiger partial charge is 0.491 e. The van der Waals surface area contributed by atoms with Crippen LogP contribution in [0.25, 0.3) is 0 Å². The number of rotatable bonds is 8. The van der Waals surface area contributed by atoms with Crippen molar-refractivity contribution in [1.29, 1.82) is 0 Å². The fourth-order valence-electron chi connectivity index (χ4n) is 1.55. The molecule has 0 heterocycles. The molecule has 0 amide bonds. The molecule has 0 unspecified atom stereocenters. The van der Waals surface area contributed by atoms with Crippen molar-refractivity contribution in [2.24, 2.45) is 5.14 Å². The Balaban J connectivity index is 2.48. The number of hydrogen-bond donors (Lipinski definition) is 1. The molecule has 0 fully saturated rings. The molecular formula is C11H14Br2N2O5S. The Morgan fingerprint density at radius 3 is 2.24 bits per heavy atom. The number of halogens is 2. The van der Waals surface area contributed by atoms with E-state index in [1.807, 2.05) is 0 Å². The van der Waals surface area contributed by atoms with Crippen molar-refractivity contribution in [3.63, 3.8) is 0 Å². The van der Waals surface area contributed by atoms with E-state index in [1.54, 1.807) is 0 Å². The fourth-order valence-corrected chi connectivity index (χ4v) is 3.54. The molecule has 0 aliphatic carbocycles. The van der Waals surface area contributed by atoms with Crippen LogP contribution in [-0.2, 0) is 10.0 Å². The number of nitrogens with zero attached hydrogens (tertiary/aromatic N) is 1. The lowest BCUT2D eigenvalue weighted by Gasteiger charge is -2.10. The first-order valence-corrected chi connectivity index (χ1v) is 9.27. The SMILES string of the molecule is NS(=O)(=O)CCCCCOc1c(Br)cc([N+](=O)[O-])cc1Br. The molecule has 10 heteroatoms. The summed E-state index contributed by atoms with van der Waals surface area (Å²) in [5.41, 5.74) is -0.0470. The highest BCUT2D eigenvalue weighted by atomic mass is 79.9. The average molecular weight is 446 g/mol. The third-order valence-corrected chi connectivity index (χ3v) is 4.55. The van der Waals surface area contributed by atoms with E-state index in [1.165, 1.54) is 12.1 Å². The molecule has 2 N–H and O–H groups in total. The molecule has 0 atom stereocenters. The van der Waals surface area contributed by atoms with Gasteiger partial charge in [0.25, 0.3) is 5.69 Å². The minimum absolute atomic E-state index is 0.0437. The highest BCUT2D eigenvalue weighted by molar-refractivity contribution is 9.11. The smallest absolute Gasteiger partial charge is 0.271 e. The highest BCUT2D eigenvalue weighted by Gasteiger charge is 2.14. The summed E-state index contributed by atoms with van der Waals surface area (Å²) in [5.74, 6) is 0.435. The van der Waals surface area contributed by atoms with Gasteiger partial charge in [-0.25, -0.2) is 13.6 Å². The van der Waals surface area contributed by atoms with Gasteiger partial charge in [-0.05, 0) is 51.1 Å². The van der Waals surface area contributed by atoms with Gasteiger partial charge in [-0.3, -0.25) is 10.1 Å². The first-order valence-electron chi connectivity index (χ1n) is 5.97. The molecule has 1 rings (SSSR count). The lowest BCUT2D eigenvalue weighted by Crippen LogP contribution is -2.16. The zero-order chi connectivity index (χ0) is 16.0. The minimum Gasteiger partial charge on any atom is -0.491 e. The monoisotopic (exact) mass is 444 g/mol. The number of nitrogens with two attached hydrogens (primary N) is 1. The second-order valence-electron chi connectivity index (χ2n) is 4.27. The maximum absolute atomic E-state index is 10.7. The summed E-state index contributed by atoms with van der Waals surface area (Å²) >= 11 is 6.44. The topological polar surface area (TPSA) is 113 Å². The number of nitro benzene ring substituents is 1. The van der Waals surface area contributed by atoms with Crippen LogP contribution in [0.1, 0.15) is 19.3 Å². The normalized spacial score (nSPS) is 11.4. The third kappa shape index (κ3) is 6.72. The Kier molecular flexibility index (Phi) is 7.04. The Bertz CT molecular complexity index is 598. The van der Waals surface area contributed by atoms with Crippen LogP contribution in [0.2, 0.25) is 0 Å². The maximum Gasteiger partial charge on any atom is 0.271 e. The van der Waals surface area contributed by atoms with Gasteiger partial charge in [0, 0.05) is 12.1 Å². The molecule has 0 saturated carbocycles. The molecule has 0 spiro atoms. The van der Waals surface area contributed by atoms with E-state index < -0.39 is 14.9 Å². The highest BCUT2D eigenvalue weighted by Crippen LogP contribution is 2.37. The van der Waals surface area contributed by atoms with Gasteiger partial charge in [0.15, 0.2) is 0 Å². The van der Waals surface area contributed by atoms with Crippen molar-refractivity contribution < 1.29 is 18.1 Å². The van der Waals surface area contributed by atoms with Crippen molar-refractivity contribution in [2.75, 3.05) is 12.4 Å². The number of hydrogen-bond acceptors (Lipinski definition) is 5. The maximum atomic E-state index is 10.7. The van der Waals surface area contributed by atoms with Crippen LogP contribution in [0.4, 0.5) is 5.69 Å². The molecule has 0 aliphatic heterocycles. The molecule has 21 heavy (non-hydrogen) atoms. The molecule has 0 aromatic heterocycles. The Labute approximate surface area is 139 Å². The van der Waals surface area contributed by atoms with Crippen molar-refractivity contribution in [3.8, 4) is 5.75 Å². The fraction of sp³-hybridized carbons (Fsp3) is 0.455. The lowest BCUT2D eigenvalue weighted by molar-refractivity contribution is -0.385. The summed E-state index contributed by atoms with van der Waals surface area (Å²) in [6, 6.07) is 2.72. The Morgan fingerprint density at radius 1 is 1.19 bits per heavy atom. The summed E-state index contributed by atoms with van der Waals surface area (Å²) in [5, 5.41) is 15.6. The zero-order valence-corrected chi connectivity index (χ0v) is 14.9. The van der Waals surface area contributed by atoms with Crippen LogP contribution in [0.3, 0.4) is 0 Å². The molecule has 0 saturated heterocycles. The van der Waals surface area contributed by atoms with Gasteiger partial charge in [0.05, 0.1) is 26.2 Å². The summed E-state index contributed by atoms with van der Waals surface area (Å²) in [7, 11) is -3.41. The van der Waals surface area contributed by atoms with Gasteiger partial charge in [-0.1, -0.05) is 0 Å². The predicted molar refractivity (Wildman–Crippen MR) is 85.8 cm³/mol. The molecular weight excluding hydrogens is 432 g/mol. The predicted octanol–water partition coefficient (Wildman–Crippen LogP) is 2.96. The summed E-state index contributed by atoms with van der Waals surface area (Å²) in [4.78, 5) is 10.2. The van der Waals surface area contributed by atoms with E-state index in [2.05, 4.69) is 31.9 Å². The molecule has 1 aromatic carbocycles. The number of ether oxygens (including phenoxy) is 1. The number of non-ortho nitro benzene ring substituents is 1. The Hall–Kier alpha value is -0.710. The van der Waals surface area contributed by atoms with Crippen molar-refractivity contribution in [3.05, 3.63) is 31.2 Å². The molecule has 0 bridgehead atoms. The summed E-state index contributed by atoms with van der Waals surface area (Å²) in [6.45, 7) is 0.375. The molecule has 7 nitrogen and oxygen atoms in total. The van der Waals surface area contributed by atoms with Crippen LogP contribution >= 0.6 is 31.9 Å². The molecule has 0 aliphatic rings. The van der Waals surface area contributed by atoms with Crippen LogP contribution in [-0.4, -0.2) is 25.7 Å². The van der Waals surface area contributed by atoms with Gasteiger partial charge in [0.1, 0.15) is 5.75 Å². The van der Waals surface area contributed by atoms with E-state index in [0.717, 1.165) is 0 Å². The summed E-state index contributed by atoms with van der Waals surface area (Å²) in [6.07, 6.45) is 1.80. The molecule has 1 aromatic rings. The van der Waals surface area contributed by atoms with Gasteiger partial charge in [-0.15, -0.1) is 0 Å². The average Bonchev–Trinajstić information content (AvgIpc) is 2.34. The van der Waals surface area contributed by atoms with Crippen molar-refractivity contribution in [1.82, 2.24) is 0 Å². The lowest BCUT2D eigenvalue weighted by atomic mass is 10.2. The second kappa shape index (κ2) is 8.06. The van der Waals surface area contributed by atoms with Crippen LogP contribution in [0, 0.1) is 10.1 Å². The van der Waals surface area contributed by atoms with Gasteiger partial charge in [0.2, 0.25) is 10.0 Å². The van der Waals surface area contributed by atoms with Crippen molar-refractivity contribution >= 4 is 47.6 Å². The number of nitro groups is 1. The first-order chi connectivity index (χ1) is 9.70. The van der Waals surface area contributed by atoms with Gasteiger partial charge < -0.3 is 4.74 Å². The van der Waals surface area contributed by atoms with Crippen LogP contribution in [0.5, 0.6) is 5.75 Å². The number of benzene rings is 1. The molecule has 0 radical (unpaired) electrons. The second-order valence-corrected chi connectivity index (χ2v) is 7.71. The van der Waals surface area contributed by atoms with E-state index in [9.17, 15) is 18.5 Å². The Morgan fingerprint density at radius 2 is 1.76 bits per heavy atom. The zero-order valence-electron chi connectivity index (χ0n) is 10.9. The van der Waals surface area contributed by atoms with Gasteiger partial charge >= 0.3 is 0 Å². The van der Waals surface area contributed by atoms with Crippen LogP contribution < -0.4 is 9.88 Å². The first kappa shape index (κ1) is 18.3. The van der Waals surface area contributed by atoms with E-state index >= 15 is 0 Å². The molecule has 118 valence electrons. The van der Waals surface area contributed by atoms with E-state index in [0.29, 0.717) is 40.6 Å². The number of sulfonamides is 1. The number of unbranched alkanes of at least 4 members (excludes halogenated alkanes) is 2. The number of primary sulfonamides is 1. The minimum atomic E-state index is -3.41. The van der Waals surface area contributed by atoms with Crippen LogP contribution in [0.15, 0.2) is 21.1 Å². The standard InChI is InChI=1S/C11H14Br2N2O5S/c12-9-6-8(15(16)17)7-10(13)11(9)20-4-2-1-3-5-21(14,18)19/h6-7H,1-5H2,(H2,14,18,19). The third-order valence-electron chi connectivity index (χ3n) is 2.51.